The van der Waals surface area contributed by atoms with Crippen molar-refractivity contribution < 1.29 is 0 Å². The number of benzene rings is 21. The zero-order valence-electron chi connectivity index (χ0n) is 75.7. The fraction of sp³-hybridized carbons (Fsp3) is 0.0462. The molecule has 6 heteroatoms. The molecule has 6 nitrogen and oxygen atoms in total. The maximum absolute atomic E-state index is 2.50. The van der Waals surface area contributed by atoms with Crippen LogP contribution in [0.1, 0.15) is 49.9 Å². The molecule has 0 amide bonds. The SMILES string of the molecule is CC1(C)c2cc(N(c3ccc(-c4ccc(-c5cccc6c5c5ccccc5n6-c5ccc6c(c5)C(C)(C)c5cc(N(c7ccc(-c8ccccc8)cc7)c7ccc(-c8ccc9c%10ccccc%10n(-c%10ccccc%10)c9c8)c8ccccc78)ccc5-6)cc4)cc3)c3ccc(-c4ccc5c6ccccc6n(-c6ccccc6)c5c4)cc3)ccc2-c2ccc(-n3c4ccccc4c4ccccc43)cc21. The molecule has 640 valence electrons. The number of nitrogens with zero attached hydrogens (tertiary/aromatic N) is 6. The summed E-state index contributed by atoms with van der Waals surface area (Å²) < 4.78 is 9.77. The van der Waals surface area contributed by atoms with Crippen molar-refractivity contribution in [2.75, 3.05) is 9.80 Å². The third-order valence-corrected chi connectivity index (χ3v) is 29.8. The summed E-state index contributed by atoms with van der Waals surface area (Å²) >= 11 is 0. The molecule has 2 aliphatic carbocycles. The van der Waals surface area contributed by atoms with E-state index in [2.05, 4.69) is 529 Å². The van der Waals surface area contributed by atoms with Gasteiger partial charge < -0.3 is 28.1 Å². The van der Waals surface area contributed by atoms with Crippen molar-refractivity contribution in [3.8, 4) is 101 Å². The molecule has 0 saturated heterocycles. The van der Waals surface area contributed by atoms with Gasteiger partial charge in [-0.1, -0.05) is 337 Å². The van der Waals surface area contributed by atoms with Crippen molar-refractivity contribution in [2.45, 2.75) is 38.5 Å². The zero-order chi connectivity index (χ0) is 90.2. The first-order valence-electron chi connectivity index (χ1n) is 47.3. The zero-order valence-corrected chi connectivity index (χ0v) is 75.7. The van der Waals surface area contributed by atoms with Gasteiger partial charge in [0.2, 0.25) is 0 Å². The standard InChI is InChI=1S/C130H90N6/c1-129(2)115-79-96(65-71-103(115)105-73-67-98(81-117(105)129)135-121-43-23-16-35-108(121)109-36-17-24-44-122(109)135)131(94-61-55-87(56-62-94)89-57-69-112-110-37-18-21-41-119(110)133(126(112)77-89)91-29-10-6-11-30-91)93-59-51-86(52-60-93)84-47-49-88(50-48-84)101-40-26-46-125-128(101)114-39-20-25-45-123(114)136(125)99-68-74-106-104-72-66-97(80-116(104)130(3,4)118(106)82-99)132(95-63-53-85(54-64-95)83-27-8-5-9-28-83)124-76-75-100(102-33-14-15-34-107(102)124)90-58-70-113-111-38-19-22-42-120(111)134(127(113)78-90)92-31-12-7-13-32-92/h5-82H,1-4H3. The van der Waals surface area contributed by atoms with E-state index in [-0.39, 0.29) is 10.8 Å². The normalized spacial score (nSPS) is 13.0. The highest BCUT2D eigenvalue weighted by Crippen LogP contribution is 2.56. The van der Waals surface area contributed by atoms with Crippen molar-refractivity contribution in [1.82, 2.24) is 18.3 Å². The van der Waals surface area contributed by atoms with Crippen molar-refractivity contribution in [3.05, 3.63) is 495 Å². The molecule has 0 saturated carbocycles. The minimum absolute atomic E-state index is 0.308. The molecule has 21 aromatic carbocycles. The Morgan fingerprint density at radius 3 is 0.956 bits per heavy atom. The van der Waals surface area contributed by atoms with Gasteiger partial charge in [0, 0.05) is 110 Å². The summed E-state index contributed by atoms with van der Waals surface area (Å²) in [4.78, 5) is 4.94. The molecule has 27 rings (SSSR count). The van der Waals surface area contributed by atoms with E-state index in [0.717, 1.165) is 73.4 Å². The number of anilines is 6. The van der Waals surface area contributed by atoms with Gasteiger partial charge in [0.05, 0.1) is 49.8 Å². The van der Waals surface area contributed by atoms with Crippen molar-refractivity contribution >= 4 is 132 Å². The maximum Gasteiger partial charge on any atom is 0.0547 e. The van der Waals surface area contributed by atoms with Gasteiger partial charge >= 0.3 is 0 Å². The van der Waals surface area contributed by atoms with Gasteiger partial charge in [-0.15, -0.1) is 0 Å². The highest BCUT2D eigenvalue weighted by Gasteiger charge is 2.39. The lowest BCUT2D eigenvalue weighted by Crippen LogP contribution is -2.17. The molecule has 2 aliphatic rings. The topological polar surface area (TPSA) is 26.2 Å². The molecule has 0 N–H and O–H groups in total. The molecule has 25 aromatic rings. The molecular weight excluding hydrogens is 1650 g/mol. The Morgan fingerprint density at radius 2 is 0.471 bits per heavy atom. The Morgan fingerprint density at radius 1 is 0.162 bits per heavy atom. The molecule has 136 heavy (non-hydrogen) atoms. The second-order valence-electron chi connectivity index (χ2n) is 37.9. The van der Waals surface area contributed by atoms with Crippen molar-refractivity contribution in [1.29, 1.82) is 0 Å². The largest absolute Gasteiger partial charge is 0.310 e. The van der Waals surface area contributed by atoms with Crippen LogP contribution in [0.3, 0.4) is 0 Å². The Labute approximate surface area is 789 Å². The van der Waals surface area contributed by atoms with E-state index in [1.807, 2.05) is 0 Å². The predicted octanol–water partition coefficient (Wildman–Crippen LogP) is 35.1. The fourth-order valence-electron chi connectivity index (χ4n) is 23.2. The number of aromatic nitrogens is 4. The molecular formula is C130H90N6. The second kappa shape index (κ2) is 30.6. The molecule has 0 unspecified atom stereocenters. The number of fused-ring (bicyclic) bond motifs is 19. The average molecular weight is 1740 g/mol. The summed E-state index contributed by atoms with van der Waals surface area (Å²) in [6, 6.07) is 176. The molecule has 4 heterocycles. The lowest BCUT2D eigenvalue weighted by molar-refractivity contribution is 0.660. The Balaban J connectivity index is 0.515. The molecule has 0 aliphatic heterocycles. The quantitative estimate of drug-likeness (QED) is 0.102. The summed E-state index contributed by atoms with van der Waals surface area (Å²) in [6.07, 6.45) is 0. The average Bonchev–Trinajstić information content (AvgIpc) is 1.56. The van der Waals surface area contributed by atoms with Gasteiger partial charge in [-0.25, -0.2) is 0 Å². The summed E-state index contributed by atoms with van der Waals surface area (Å²) in [7, 11) is 0. The lowest BCUT2D eigenvalue weighted by Gasteiger charge is -2.29. The lowest BCUT2D eigenvalue weighted by atomic mass is 9.82. The van der Waals surface area contributed by atoms with Gasteiger partial charge in [-0.2, -0.15) is 0 Å². The van der Waals surface area contributed by atoms with Crippen LogP contribution in [0.2, 0.25) is 0 Å². The van der Waals surface area contributed by atoms with E-state index in [0.29, 0.717) is 0 Å². The first-order valence-corrected chi connectivity index (χ1v) is 47.3. The van der Waals surface area contributed by atoms with Crippen LogP contribution in [0.4, 0.5) is 34.1 Å². The van der Waals surface area contributed by atoms with Crippen molar-refractivity contribution in [2.24, 2.45) is 0 Å². The number of hydrogen-bond donors (Lipinski definition) is 0. The van der Waals surface area contributed by atoms with Gasteiger partial charge in [0.15, 0.2) is 0 Å². The Bertz CT molecular complexity index is 9130. The first-order chi connectivity index (χ1) is 67.0. The van der Waals surface area contributed by atoms with Crippen LogP contribution < -0.4 is 9.80 Å². The molecule has 0 atom stereocenters. The van der Waals surface area contributed by atoms with Crippen LogP contribution in [0.5, 0.6) is 0 Å². The van der Waals surface area contributed by atoms with Crippen LogP contribution >= 0.6 is 0 Å². The third-order valence-electron chi connectivity index (χ3n) is 29.8. The van der Waals surface area contributed by atoms with E-state index >= 15 is 0 Å². The van der Waals surface area contributed by atoms with Gasteiger partial charge in [-0.05, 0) is 269 Å². The van der Waals surface area contributed by atoms with E-state index in [9.17, 15) is 0 Å². The highest BCUT2D eigenvalue weighted by molar-refractivity contribution is 6.18. The van der Waals surface area contributed by atoms with Crippen LogP contribution in [-0.4, -0.2) is 18.3 Å². The summed E-state index contributed by atoms with van der Waals surface area (Å²) in [6.45, 7) is 9.65. The van der Waals surface area contributed by atoms with Crippen LogP contribution in [-0.2, 0) is 10.8 Å². The first kappa shape index (κ1) is 78.5. The molecule has 0 fully saturated rings. The number of para-hydroxylation sites is 7. The van der Waals surface area contributed by atoms with Gasteiger partial charge in [-0.3, -0.25) is 0 Å². The van der Waals surface area contributed by atoms with Crippen LogP contribution in [0.15, 0.2) is 473 Å². The summed E-state index contributed by atoms with van der Waals surface area (Å²) in [5.74, 6) is 0. The maximum atomic E-state index is 2.50. The second-order valence-corrected chi connectivity index (χ2v) is 37.9. The van der Waals surface area contributed by atoms with E-state index in [1.165, 1.54) is 182 Å². The van der Waals surface area contributed by atoms with Gasteiger partial charge in [0.25, 0.3) is 0 Å². The minimum Gasteiger partial charge on any atom is -0.310 e. The molecule has 0 bridgehead atoms. The van der Waals surface area contributed by atoms with Gasteiger partial charge in [0.1, 0.15) is 0 Å². The van der Waals surface area contributed by atoms with Crippen LogP contribution in [0.25, 0.3) is 199 Å². The Kier molecular flexibility index (Phi) is 17.7. The molecule has 0 radical (unpaired) electrons. The van der Waals surface area contributed by atoms with Crippen molar-refractivity contribution in [3.63, 3.8) is 0 Å². The number of rotatable bonds is 15. The third kappa shape index (κ3) is 12.2. The van der Waals surface area contributed by atoms with E-state index in [4.69, 9.17) is 0 Å². The Hall–Kier alpha value is -17.3. The number of hydrogen-bond acceptors (Lipinski definition) is 2. The molecule has 0 spiro atoms. The summed E-state index contributed by atoms with van der Waals surface area (Å²) in [5.41, 5.74) is 42.0. The summed E-state index contributed by atoms with van der Waals surface area (Å²) in [5, 5.41) is 12.3. The van der Waals surface area contributed by atoms with Crippen LogP contribution in [0, 0.1) is 0 Å². The smallest absolute Gasteiger partial charge is 0.0547 e. The molecule has 4 aromatic heterocycles. The van der Waals surface area contributed by atoms with E-state index < -0.39 is 0 Å². The van der Waals surface area contributed by atoms with E-state index in [1.54, 1.807) is 0 Å². The predicted molar refractivity (Wildman–Crippen MR) is 573 cm³/mol. The monoisotopic (exact) mass is 1730 g/mol. The minimum atomic E-state index is -0.369. The highest BCUT2D eigenvalue weighted by atomic mass is 15.2. The fourth-order valence-corrected chi connectivity index (χ4v) is 23.2.